The van der Waals surface area contributed by atoms with Crippen LogP contribution in [0.3, 0.4) is 0 Å². The molecular formula is C24H23N3. The van der Waals surface area contributed by atoms with Gasteiger partial charge in [-0.25, -0.2) is 9.67 Å². The fourth-order valence-corrected chi connectivity index (χ4v) is 3.15. The lowest BCUT2D eigenvalue weighted by Crippen LogP contribution is -2.04. The number of nitrogens with zero attached hydrogens (tertiary/aromatic N) is 3. The molecule has 0 saturated heterocycles. The molecule has 1 heterocycles. The Labute approximate surface area is 160 Å². The Morgan fingerprint density at radius 1 is 0.741 bits per heavy atom. The van der Waals surface area contributed by atoms with E-state index in [9.17, 15) is 0 Å². The molecule has 3 nitrogen and oxygen atoms in total. The quantitative estimate of drug-likeness (QED) is 0.455. The van der Waals surface area contributed by atoms with Crippen molar-refractivity contribution in [2.75, 3.05) is 0 Å². The molecule has 134 valence electrons. The van der Waals surface area contributed by atoms with E-state index in [0.717, 1.165) is 22.8 Å². The van der Waals surface area contributed by atoms with E-state index in [4.69, 9.17) is 10.1 Å². The van der Waals surface area contributed by atoms with Gasteiger partial charge < -0.3 is 0 Å². The van der Waals surface area contributed by atoms with E-state index in [1.165, 1.54) is 11.1 Å². The lowest BCUT2D eigenvalue weighted by molar-refractivity contribution is 0.695. The smallest absolute Gasteiger partial charge is 0.181 e. The van der Waals surface area contributed by atoms with Gasteiger partial charge in [0, 0.05) is 11.1 Å². The van der Waals surface area contributed by atoms with Gasteiger partial charge in [0.25, 0.3) is 0 Å². The van der Waals surface area contributed by atoms with Crippen molar-refractivity contribution in [1.29, 1.82) is 0 Å². The molecule has 0 bridgehead atoms. The summed E-state index contributed by atoms with van der Waals surface area (Å²) in [4.78, 5) is 4.87. The van der Waals surface area contributed by atoms with Gasteiger partial charge in [0.1, 0.15) is 0 Å². The van der Waals surface area contributed by atoms with E-state index in [1.54, 1.807) is 0 Å². The minimum Gasteiger partial charge on any atom is -0.241 e. The fourth-order valence-electron chi connectivity index (χ4n) is 3.15. The first-order chi connectivity index (χ1) is 13.2. The normalized spacial score (nSPS) is 11.1. The average Bonchev–Trinajstić information content (AvgIpc) is 3.13. The fraction of sp³-hybridized carbons (Fsp3) is 0.167. The van der Waals surface area contributed by atoms with E-state index in [2.05, 4.69) is 74.5 Å². The summed E-state index contributed by atoms with van der Waals surface area (Å²) in [5.74, 6) is 2.17. The van der Waals surface area contributed by atoms with Crippen molar-refractivity contribution >= 4 is 0 Å². The molecule has 0 amide bonds. The third-order valence-electron chi connectivity index (χ3n) is 4.71. The summed E-state index contributed by atoms with van der Waals surface area (Å²) < 4.78 is 2.00. The molecule has 0 spiro atoms. The minimum atomic E-state index is 0.516. The molecule has 0 aliphatic carbocycles. The van der Waals surface area contributed by atoms with Crippen LogP contribution in [0, 0.1) is 0 Å². The lowest BCUT2D eigenvalue weighted by atomic mass is 10.0. The maximum atomic E-state index is 4.87. The van der Waals surface area contributed by atoms with Crippen molar-refractivity contribution in [2.24, 2.45) is 0 Å². The molecule has 4 rings (SSSR count). The molecule has 1 aromatic heterocycles. The maximum absolute atomic E-state index is 4.87. The first-order valence-corrected chi connectivity index (χ1v) is 9.35. The highest BCUT2D eigenvalue weighted by molar-refractivity contribution is 5.62. The average molecular weight is 353 g/mol. The van der Waals surface area contributed by atoms with Gasteiger partial charge in [0.15, 0.2) is 11.6 Å². The lowest BCUT2D eigenvalue weighted by Gasteiger charge is -2.06. The molecule has 3 aromatic carbocycles. The van der Waals surface area contributed by atoms with E-state index in [1.807, 2.05) is 28.9 Å². The van der Waals surface area contributed by atoms with Crippen molar-refractivity contribution in [2.45, 2.75) is 26.3 Å². The molecule has 3 heteroatoms. The van der Waals surface area contributed by atoms with Gasteiger partial charge in [-0.1, -0.05) is 98.8 Å². The van der Waals surface area contributed by atoms with Crippen molar-refractivity contribution in [3.63, 3.8) is 0 Å². The Morgan fingerprint density at radius 3 is 2.00 bits per heavy atom. The SMILES string of the molecule is CC(C)c1ccc(-c2nc(-c3ccccc3)n(Cc3ccccc3)n2)cc1. The van der Waals surface area contributed by atoms with Crippen LogP contribution in [0.1, 0.15) is 30.9 Å². The van der Waals surface area contributed by atoms with Crippen LogP contribution in [0.2, 0.25) is 0 Å². The molecule has 0 N–H and O–H groups in total. The molecular weight excluding hydrogens is 330 g/mol. The highest BCUT2D eigenvalue weighted by atomic mass is 15.3. The van der Waals surface area contributed by atoms with Crippen LogP contribution in [0.4, 0.5) is 0 Å². The standard InChI is InChI=1S/C24H23N3/c1-18(2)20-13-15-21(16-14-20)23-25-24(22-11-7-4-8-12-22)27(26-23)17-19-9-5-3-6-10-19/h3-16,18H,17H2,1-2H3. The summed E-state index contributed by atoms with van der Waals surface area (Å²) in [5.41, 5.74) is 4.65. The Hall–Kier alpha value is -3.20. The number of aromatic nitrogens is 3. The second-order valence-electron chi connectivity index (χ2n) is 7.04. The first-order valence-electron chi connectivity index (χ1n) is 9.35. The van der Waals surface area contributed by atoms with Crippen molar-refractivity contribution in [3.05, 3.63) is 96.1 Å². The molecule has 0 radical (unpaired) electrons. The van der Waals surface area contributed by atoms with Gasteiger partial charge in [-0.3, -0.25) is 0 Å². The third kappa shape index (κ3) is 3.82. The van der Waals surface area contributed by atoms with Gasteiger partial charge in [0.05, 0.1) is 6.54 Å². The van der Waals surface area contributed by atoms with Gasteiger partial charge in [-0.05, 0) is 17.0 Å². The molecule has 0 atom stereocenters. The maximum Gasteiger partial charge on any atom is 0.181 e. The monoisotopic (exact) mass is 353 g/mol. The first kappa shape index (κ1) is 17.2. The molecule has 0 aliphatic heterocycles. The van der Waals surface area contributed by atoms with Crippen molar-refractivity contribution in [3.8, 4) is 22.8 Å². The summed E-state index contributed by atoms with van der Waals surface area (Å²) >= 11 is 0. The number of rotatable bonds is 5. The molecule has 0 fully saturated rings. The number of hydrogen-bond acceptors (Lipinski definition) is 2. The molecule has 0 aliphatic rings. The van der Waals surface area contributed by atoms with Crippen LogP contribution in [0.25, 0.3) is 22.8 Å². The zero-order valence-electron chi connectivity index (χ0n) is 15.7. The summed E-state index contributed by atoms with van der Waals surface area (Å²) in [5, 5.41) is 4.83. The Balaban J connectivity index is 1.75. The van der Waals surface area contributed by atoms with E-state index in [0.29, 0.717) is 12.5 Å². The summed E-state index contributed by atoms with van der Waals surface area (Å²) in [7, 11) is 0. The van der Waals surface area contributed by atoms with E-state index < -0.39 is 0 Å². The van der Waals surface area contributed by atoms with Gasteiger partial charge in [0.2, 0.25) is 0 Å². The van der Waals surface area contributed by atoms with Crippen LogP contribution in [-0.4, -0.2) is 14.8 Å². The van der Waals surface area contributed by atoms with Crippen LogP contribution in [0.15, 0.2) is 84.9 Å². The van der Waals surface area contributed by atoms with Crippen LogP contribution >= 0.6 is 0 Å². The van der Waals surface area contributed by atoms with Crippen molar-refractivity contribution in [1.82, 2.24) is 14.8 Å². The topological polar surface area (TPSA) is 30.7 Å². The predicted molar refractivity (Wildman–Crippen MR) is 111 cm³/mol. The Kier molecular flexibility index (Phi) is 4.84. The largest absolute Gasteiger partial charge is 0.241 e. The highest BCUT2D eigenvalue weighted by Crippen LogP contribution is 2.25. The summed E-state index contributed by atoms with van der Waals surface area (Å²) in [6.07, 6.45) is 0. The number of benzene rings is 3. The number of hydrogen-bond donors (Lipinski definition) is 0. The van der Waals surface area contributed by atoms with E-state index in [-0.39, 0.29) is 0 Å². The zero-order valence-corrected chi connectivity index (χ0v) is 15.7. The second-order valence-corrected chi connectivity index (χ2v) is 7.04. The second kappa shape index (κ2) is 7.58. The predicted octanol–water partition coefficient (Wildman–Crippen LogP) is 5.78. The van der Waals surface area contributed by atoms with E-state index >= 15 is 0 Å². The van der Waals surface area contributed by atoms with Gasteiger partial charge in [-0.15, -0.1) is 0 Å². The third-order valence-corrected chi connectivity index (χ3v) is 4.71. The molecule has 0 unspecified atom stereocenters. The van der Waals surface area contributed by atoms with Gasteiger partial charge in [-0.2, -0.15) is 5.10 Å². The molecule has 4 aromatic rings. The highest BCUT2D eigenvalue weighted by Gasteiger charge is 2.14. The summed E-state index contributed by atoms with van der Waals surface area (Å²) in [6.45, 7) is 5.10. The minimum absolute atomic E-state index is 0.516. The van der Waals surface area contributed by atoms with Crippen LogP contribution in [-0.2, 0) is 6.54 Å². The summed E-state index contributed by atoms with van der Waals surface area (Å²) in [6, 6.07) is 29.2. The van der Waals surface area contributed by atoms with Crippen LogP contribution in [0.5, 0.6) is 0 Å². The van der Waals surface area contributed by atoms with Crippen molar-refractivity contribution < 1.29 is 0 Å². The Bertz CT molecular complexity index is 1000. The van der Waals surface area contributed by atoms with Crippen LogP contribution < -0.4 is 0 Å². The Morgan fingerprint density at radius 2 is 1.37 bits per heavy atom. The molecule has 0 saturated carbocycles. The molecule has 27 heavy (non-hydrogen) atoms. The zero-order chi connectivity index (χ0) is 18.6. The van der Waals surface area contributed by atoms with Gasteiger partial charge >= 0.3 is 0 Å².